The maximum Gasteiger partial charge on any atom is 0.415 e. The molecule has 1 heterocycles. The molecule has 0 saturated carbocycles. The Balaban J connectivity index is 1.99. The van der Waals surface area contributed by atoms with E-state index in [1.54, 1.807) is 0 Å². The third-order valence-electron chi connectivity index (χ3n) is 2.56. The Labute approximate surface area is 111 Å². The lowest BCUT2D eigenvalue weighted by atomic mass is 10.1. The summed E-state index contributed by atoms with van der Waals surface area (Å²) in [5.41, 5.74) is 0.690. The predicted octanol–water partition coefficient (Wildman–Crippen LogP) is 2.04. The molecule has 0 unspecified atom stereocenters. The first-order valence-corrected chi connectivity index (χ1v) is 6.14. The summed E-state index contributed by atoms with van der Waals surface area (Å²) in [5, 5.41) is 2.46. The molecule has 1 aromatic rings. The summed E-state index contributed by atoms with van der Waals surface area (Å²) < 4.78 is 10.1. The van der Waals surface area contributed by atoms with E-state index in [0.29, 0.717) is 6.42 Å². The predicted molar refractivity (Wildman–Crippen MR) is 68.9 cm³/mol. The molecule has 1 fully saturated rings. The van der Waals surface area contributed by atoms with Crippen molar-refractivity contribution in [3.8, 4) is 5.75 Å². The van der Waals surface area contributed by atoms with Crippen LogP contribution in [0.25, 0.3) is 0 Å². The van der Waals surface area contributed by atoms with E-state index in [2.05, 4.69) is 10.1 Å². The molecular formula is C14H17NO4. The number of cyclic esters (lactones) is 2. The van der Waals surface area contributed by atoms with Crippen molar-refractivity contribution < 1.29 is 19.1 Å². The number of esters is 1. The molecule has 1 aliphatic rings. The Kier molecular flexibility index (Phi) is 3.46. The van der Waals surface area contributed by atoms with Gasteiger partial charge in [0.25, 0.3) is 0 Å². The lowest BCUT2D eigenvalue weighted by molar-refractivity contribution is -0.135. The van der Waals surface area contributed by atoms with Gasteiger partial charge in [0.05, 0.1) is 0 Å². The SMILES string of the molecule is CC(C)(C)Oc1ccc(C[C@@H]2NC(=O)OC2=O)cc1. The fourth-order valence-electron chi connectivity index (χ4n) is 1.81. The average Bonchev–Trinajstić information content (AvgIpc) is 2.58. The summed E-state index contributed by atoms with van der Waals surface area (Å²) in [7, 11) is 0. The average molecular weight is 263 g/mol. The van der Waals surface area contributed by atoms with Crippen LogP contribution in [-0.2, 0) is 16.0 Å². The van der Waals surface area contributed by atoms with Crippen LogP contribution in [0.5, 0.6) is 5.75 Å². The van der Waals surface area contributed by atoms with E-state index in [1.807, 2.05) is 45.0 Å². The minimum absolute atomic E-state index is 0.245. The zero-order valence-corrected chi connectivity index (χ0v) is 11.2. The van der Waals surface area contributed by atoms with Crippen LogP contribution in [0.3, 0.4) is 0 Å². The molecular weight excluding hydrogens is 246 g/mol. The van der Waals surface area contributed by atoms with Gasteiger partial charge in [-0.15, -0.1) is 0 Å². The Morgan fingerprint density at radius 2 is 1.84 bits per heavy atom. The van der Waals surface area contributed by atoms with Gasteiger partial charge < -0.3 is 14.8 Å². The molecule has 2 rings (SSSR count). The monoisotopic (exact) mass is 263 g/mol. The Bertz CT molecular complexity index is 487. The first-order valence-electron chi connectivity index (χ1n) is 6.14. The Morgan fingerprint density at radius 3 is 2.32 bits per heavy atom. The van der Waals surface area contributed by atoms with Crippen molar-refractivity contribution >= 4 is 12.1 Å². The summed E-state index contributed by atoms with van der Waals surface area (Å²) in [6, 6.07) is 6.85. The van der Waals surface area contributed by atoms with E-state index in [9.17, 15) is 9.59 Å². The number of ether oxygens (including phenoxy) is 2. The standard InChI is InChI=1S/C14H17NO4/c1-14(2,3)19-10-6-4-9(5-7-10)8-11-12(16)18-13(17)15-11/h4-7,11H,8H2,1-3H3,(H,15,17)/t11-/m0/s1. The number of carbonyl (C=O) groups is 2. The van der Waals surface area contributed by atoms with Gasteiger partial charge in [-0.3, -0.25) is 0 Å². The molecule has 19 heavy (non-hydrogen) atoms. The van der Waals surface area contributed by atoms with Gasteiger partial charge in [-0.1, -0.05) is 12.1 Å². The van der Waals surface area contributed by atoms with Crippen LogP contribution in [-0.4, -0.2) is 23.7 Å². The fourth-order valence-corrected chi connectivity index (χ4v) is 1.81. The number of carbonyl (C=O) groups excluding carboxylic acids is 2. The Hall–Kier alpha value is -2.04. The summed E-state index contributed by atoms with van der Waals surface area (Å²) in [6.45, 7) is 5.93. The number of amides is 1. The first-order chi connectivity index (χ1) is 8.83. The van der Waals surface area contributed by atoms with Gasteiger partial charge >= 0.3 is 12.1 Å². The Morgan fingerprint density at radius 1 is 1.21 bits per heavy atom. The van der Waals surface area contributed by atoms with Crippen molar-refractivity contribution in [3.05, 3.63) is 29.8 Å². The van der Waals surface area contributed by atoms with Crippen LogP contribution in [0, 0.1) is 0 Å². The van der Waals surface area contributed by atoms with Crippen LogP contribution >= 0.6 is 0 Å². The molecule has 5 nitrogen and oxygen atoms in total. The van der Waals surface area contributed by atoms with Gasteiger partial charge in [-0.25, -0.2) is 9.59 Å². The highest BCUT2D eigenvalue weighted by Crippen LogP contribution is 2.19. The van der Waals surface area contributed by atoms with Gasteiger partial charge in [-0.05, 0) is 38.5 Å². The highest BCUT2D eigenvalue weighted by atomic mass is 16.6. The van der Waals surface area contributed by atoms with Crippen molar-refractivity contribution in [2.45, 2.75) is 38.8 Å². The largest absolute Gasteiger partial charge is 0.488 e. The first kappa shape index (κ1) is 13.4. The van der Waals surface area contributed by atoms with E-state index >= 15 is 0 Å². The van der Waals surface area contributed by atoms with E-state index in [0.717, 1.165) is 11.3 Å². The van der Waals surface area contributed by atoms with E-state index in [1.165, 1.54) is 0 Å². The highest BCUT2D eigenvalue weighted by molar-refractivity contribution is 5.95. The molecule has 1 aromatic carbocycles. The van der Waals surface area contributed by atoms with Crippen molar-refractivity contribution in [1.82, 2.24) is 5.32 Å². The second-order valence-corrected chi connectivity index (χ2v) is 5.47. The number of alkyl carbamates (subject to hydrolysis) is 1. The third-order valence-corrected chi connectivity index (χ3v) is 2.56. The van der Waals surface area contributed by atoms with Gasteiger partial charge in [-0.2, -0.15) is 0 Å². The third kappa shape index (κ3) is 3.71. The van der Waals surface area contributed by atoms with Crippen molar-refractivity contribution in [1.29, 1.82) is 0 Å². The minimum atomic E-state index is -0.678. The lowest BCUT2D eigenvalue weighted by Crippen LogP contribution is -2.30. The second kappa shape index (κ2) is 4.91. The molecule has 0 radical (unpaired) electrons. The lowest BCUT2D eigenvalue weighted by Gasteiger charge is -2.21. The van der Waals surface area contributed by atoms with Crippen molar-refractivity contribution in [2.24, 2.45) is 0 Å². The molecule has 1 amide bonds. The van der Waals surface area contributed by atoms with Crippen molar-refractivity contribution in [2.75, 3.05) is 0 Å². The molecule has 1 saturated heterocycles. The molecule has 0 aromatic heterocycles. The summed E-state index contributed by atoms with van der Waals surface area (Å²) in [4.78, 5) is 22.2. The van der Waals surface area contributed by atoms with E-state index in [4.69, 9.17) is 4.74 Å². The molecule has 1 N–H and O–H groups in total. The number of benzene rings is 1. The van der Waals surface area contributed by atoms with Gasteiger partial charge in [0.1, 0.15) is 17.4 Å². The number of nitrogens with one attached hydrogen (secondary N) is 1. The highest BCUT2D eigenvalue weighted by Gasteiger charge is 2.32. The van der Waals surface area contributed by atoms with Gasteiger partial charge in [0.2, 0.25) is 0 Å². The number of hydrogen-bond acceptors (Lipinski definition) is 4. The zero-order valence-electron chi connectivity index (χ0n) is 11.2. The molecule has 1 aliphatic heterocycles. The molecule has 5 heteroatoms. The number of rotatable bonds is 3. The van der Waals surface area contributed by atoms with E-state index < -0.39 is 18.1 Å². The maximum absolute atomic E-state index is 11.3. The molecule has 0 spiro atoms. The normalized spacial score (nSPS) is 19.0. The second-order valence-electron chi connectivity index (χ2n) is 5.47. The molecule has 102 valence electrons. The maximum atomic E-state index is 11.3. The molecule has 0 aliphatic carbocycles. The quantitative estimate of drug-likeness (QED) is 0.669. The topological polar surface area (TPSA) is 64.6 Å². The smallest absolute Gasteiger partial charge is 0.415 e. The molecule has 1 atom stereocenters. The fraction of sp³-hybridized carbons (Fsp3) is 0.429. The van der Waals surface area contributed by atoms with Crippen LogP contribution in [0.4, 0.5) is 4.79 Å². The molecule has 0 bridgehead atoms. The summed E-state index contributed by atoms with van der Waals surface area (Å²) in [5.74, 6) is 0.245. The summed E-state index contributed by atoms with van der Waals surface area (Å²) >= 11 is 0. The van der Waals surface area contributed by atoms with Crippen LogP contribution in [0.2, 0.25) is 0 Å². The van der Waals surface area contributed by atoms with Crippen LogP contribution < -0.4 is 10.1 Å². The van der Waals surface area contributed by atoms with E-state index in [-0.39, 0.29) is 5.60 Å². The van der Waals surface area contributed by atoms with Crippen molar-refractivity contribution in [3.63, 3.8) is 0 Å². The zero-order chi connectivity index (χ0) is 14.0. The van der Waals surface area contributed by atoms with Gasteiger partial charge in [0, 0.05) is 6.42 Å². The van der Waals surface area contributed by atoms with Crippen LogP contribution in [0.1, 0.15) is 26.3 Å². The minimum Gasteiger partial charge on any atom is -0.488 e. The number of hydrogen-bond donors (Lipinski definition) is 1. The van der Waals surface area contributed by atoms with Crippen LogP contribution in [0.15, 0.2) is 24.3 Å². The van der Waals surface area contributed by atoms with Gasteiger partial charge in [0.15, 0.2) is 0 Å². The summed E-state index contributed by atoms with van der Waals surface area (Å²) in [6.07, 6.45) is -0.261.